The highest BCUT2D eigenvalue weighted by atomic mass is 32.1. The van der Waals surface area contributed by atoms with E-state index in [1.807, 2.05) is 13.0 Å². The minimum absolute atomic E-state index is 0.00963. The van der Waals surface area contributed by atoms with Gasteiger partial charge in [-0.25, -0.2) is 4.98 Å². The molecule has 13 heavy (non-hydrogen) atoms. The molecule has 1 atom stereocenters. The molecule has 1 aromatic rings. The first-order valence-corrected chi connectivity index (χ1v) is 5.22. The lowest BCUT2D eigenvalue weighted by molar-refractivity contribution is 0.438. The van der Waals surface area contributed by atoms with Crippen LogP contribution in [0.25, 0.3) is 0 Å². The Morgan fingerprint density at radius 3 is 2.85 bits per heavy atom. The van der Waals surface area contributed by atoms with Gasteiger partial charge in [0.1, 0.15) is 0 Å². The standard InChI is InChI=1S/C10H16N2S/c1-4-10(3,7-11)5-9-12-8(2)6-13-9/h4,6H,1,5,7,11H2,2-3H3. The molecule has 0 radical (unpaired) electrons. The third-order valence-electron chi connectivity index (χ3n) is 2.18. The van der Waals surface area contributed by atoms with Crippen LogP contribution in [0.4, 0.5) is 0 Å². The van der Waals surface area contributed by atoms with E-state index in [-0.39, 0.29) is 5.41 Å². The number of rotatable bonds is 4. The Kier molecular flexibility index (Phi) is 3.22. The van der Waals surface area contributed by atoms with Gasteiger partial charge in [0.25, 0.3) is 0 Å². The predicted molar refractivity (Wildman–Crippen MR) is 57.9 cm³/mol. The van der Waals surface area contributed by atoms with Gasteiger partial charge in [-0.1, -0.05) is 13.0 Å². The van der Waals surface area contributed by atoms with E-state index in [1.165, 1.54) is 0 Å². The Balaban J connectivity index is 2.72. The molecule has 0 aliphatic rings. The summed E-state index contributed by atoms with van der Waals surface area (Å²) in [6.07, 6.45) is 2.81. The molecule has 1 unspecified atom stereocenters. The lowest BCUT2D eigenvalue weighted by atomic mass is 9.87. The van der Waals surface area contributed by atoms with Gasteiger partial charge in [-0.2, -0.15) is 0 Å². The molecule has 0 bridgehead atoms. The van der Waals surface area contributed by atoms with Crippen LogP contribution >= 0.6 is 11.3 Å². The van der Waals surface area contributed by atoms with Crippen molar-refractivity contribution in [3.8, 4) is 0 Å². The molecule has 3 heteroatoms. The normalized spacial score (nSPS) is 15.3. The highest BCUT2D eigenvalue weighted by molar-refractivity contribution is 7.09. The SMILES string of the molecule is C=CC(C)(CN)Cc1nc(C)cs1. The number of nitrogens with two attached hydrogens (primary N) is 1. The van der Waals surface area contributed by atoms with Crippen LogP contribution in [0.1, 0.15) is 17.6 Å². The summed E-state index contributed by atoms with van der Waals surface area (Å²) >= 11 is 1.69. The third-order valence-corrected chi connectivity index (χ3v) is 3.15. The first-order chi connectivity index (χ1) is 6.09. The minimum Gasteiger partial charge on any atom is -0.330 e. The summed E-state index contributed by atoms with van der Waals surface area (Å²) in [5, 5.41) is 3.21. The number of aromatic nitrogens is 1. The molecule has 0 fully saturated rings. The van der Waals surface area contributed by atoms with Crippen molar-refractivity contribution in [2.75, 3.05) is 6.54 Å². The quantitative estimate of drug-likeness (QED) is 0.749. The van der Waals surface area contributed by atoms with Crippen molar-refractivity contribution in [1.82, 2.24) is 4.98 Å². The van der Waals surface area contributed by atoms with Crippen molar-refractivity contribution in [2.24, 2.45) is 11.1 Å². The van der Waals surface area contributed by atoms with E-state index >= 15 is 0 Å². The van der Waals surface area contributed by atoms with Crippen molar-refractivity contribution in [1.29, 1.82) is 0 Å². The fraction of sp³-hybridized carbons (Fsp3) is 0.500. The van der Waals surface area contributed by atoms with Gasteiger partial charge in [0.05, 0.1) is 5.01 Å². The first-order valence-electron chi connectivity index (χ1n) is 4.34. The van der Waals surface area contributed by atoms with E-state index in [0.29, 0.717) is 6.54 Å². The van der Waals surface area contributed by atoms with E-state index in [9.17, 15) is 0 Å². The summed E-state index contributed by atoms with van der Waals surface area (Å²) in [7, 11) is 0. The van der Waals surface area contributed by atoms with Crippen LogP contribution in [0.15, 0.2) is 18.0 Å². The topological polar surface area (TPSA) is 38.9 Å². The second-order valence-corrected chi connectivity index (χ2v) is 4.56. The number of hydrogen-bond acceptors (Lipinski definition) is 3. The number of aryl methyl sites for hydroxylation is 1. The number of nitrogens with zero attached hydrogens (tertiary/aromatic N) is 1. The Morgan fingerprint density at radius 1 is 1.77 bits per heavy atom. The highest BCUT2D eigenvalue weighted by Gasteiger charge is 2.20. The molecule has 1 rings (SSSR count). The molecule has 0 saturated heterocycles. The molecular formula is C10H16N2S. The van der Waals surface area contributed by atoms with Crippen LogP contribution in [0.5, 0.6) is 0 Å². The third kappa shape index (κ3) is 2.64. The zero-order valence-corrected chi connectivity index (χ0v) is 9.03. The lowest BCUT2D eigenvalue weighted by Gasteiger charge is -2.21. The second-order valence-electron chi connectivity index (χ2n) is 3.62. The van der Waals surface area contributed by atoms with Gasteiger partial charge in [0.15, 0.2) is 0 Å². The zero-order valence-electron chi connectivity index (χ0n) is 8.21. The van der Waals surface area contributed by atoms with Gasteiger partial charge in [0.2, 0.25) is 0 Å². The molecule has 0 aliphatic heterocycles. The summed E-state index contributed by atoms with van der Waals surface area (Å²) in [6.45, 7) is 8.54. The second kappa shape index (κ2) is 4.03. The monoisotopic (exact) mass is 196 g/mol. The molecule has 0 aromatic carbocycles. The zero-order chi connectivity index (χ0) is 9.90. The maximum Gasteiger partial charge on any atom is 0.0937 e. The Hall–Kier alpha value is -0.670. The van der Waals surface area contributed by atoms with Crippen LogP contribution in [0.3, 0.4) is 0 Å². The van der Waals surface area contributed by atoms with Crippen LogP contribution in [-0.4, -0.2) is 11.5 Å². The number of thiazole rings is 1. The minimum atomic E-state index is -0.00963. The first kappa shape index (κ1) is 10.4. The van der Waals surface area contributed by atoms with E-state index in [0.717, 1.165) is 17.1 Å². The largest absolute Gasteiger partial charge is 0.330 e. The van der Waals surface area contributed by atoms with E-state index < -0.39 is 0 Å². The fourth-order valence-electron chi connectivity index (χ4n) is 1.06. The Morgan fingerprint density at radius 2 is 2.46 bits per heavy atom. The summed E-state index contributed by atoms with van der Waals surface area (Å²) in [5.41, 5.74) is 6.75. The van der Waals surface area contributed by atoms with Crippen molar-refractivity contribution in [3.63, 3.8) is 0 Å². The molecular weight excluding hydrogens is 180 g/mol. The van der Waals surface area contributed by atoms with E-state index in [1.54, 1.807) is 11.3 Å². The Bertz CT molecular complexity index is 293. The van der Waals surface area contributed by atoms with Crippen molar-refractivity contribution >= 4 is 11.3 Å². The smallest absolute Gasteiger partial charge is 0.0937 e. The van der Waals surface area contributed by atoms with Gasteiger partial charge in [0, 0.05) is 29.5 Å². The number of hydrogen-bond donors (Lipinski definition) is 1. The highest BCUT2D eigenvalue weighted by Crippen LogP contribution is 2.24. The summed E-state index contributed by atoms with van der Waals surface area (Å²) < 4.78 is 0. The van der Waals surface area contributed by atoms with Gasteiger partial charge >= 0.3 is 0 Å². The summed E-state index contributed by atoms with van der Waals surface area (Å²) in [5.74, 6) is 0. The molecule has 2 N–H and O–H groups in total. The Labute approximate surface area is 83.5 Å². The van der Waals surface area contributed by atoms with Crippen molar-refractivity contribution in [3.05, 3.63) is 28.7 Å². The molecule has 0 saturated carbocycles. The van der Waals surface area contributed by atoms with Gasteiger partial charge in [-0.05, 0) is 6.92 Å². The fourth-order valence-corrected chi connectivity index (χ4v) is 2.03. The van der Waals surface area contributed by atoms with Crippen LogP contribution in [-0.2, 0) is 6.42 Å². The average molecular weight is 196 g/mol. The van der Waals surface area contributed by atoms with Crippen molar-refractivity contribution in [2.45, 2.75) is 20.3 Å². The van der Waals surface area contributed by atoms with Gasteiger partial charge < -0.3 is 5.73 Å². The van der Waals surface area contributed by atoms with Crippen LogP contribution < -0.4 is 5.73 Å². The maximum absolute atomic E-state index is 5.68. The molecule has 1 heterocycles. The summed E-state index contributed by atoms with van der Waals surface area (Å²) in [4.78, 5) is 4.41. The molecule has 1 aromatic heterocycles. The molecule has 0 amide bonds. The van der Waals surface area contributed by atoms with E-state index in [2.05, 4.69) is 23.9 Å². The molecule has 2 nitrogen and oxygen atoms in total. The van der Waals surface area contributed by atoms with Gasteiger partial charge in [-0.3, -0.25) is 0 Å². The molecule has 0 spiro atoms. The molecule has 0 aliphatic carbocycles. The predicted octanol–water partition coefficient (Wildman–Crippen LogP) is 2.15. The van der Waals surface area contributed by atoms with E-state index in [4.69, 9.17) is 5.73 Å². The molecule has 72 valence electrons. The van der Waals surface area contributed by atoms with Gasteiger partial charge in [-0.15, -0.1) is 17.9 Å². The maximum atomic E-state index is 5.68. The van der Waals surface area contributed by atoms with Crippen LogP contribution in [0.2, 0.25) is 0 Å². The van der Waals surface area contributed by atoms with Crippen molar-refractivity contribution < 1.29 is 0 Å². The van der Waals surface area contributed by atoms with Crippen LogP contribution in [0, 0.1) is 12.3 Å². The summed E-state index contributed by atoms with van der Waals surface area (Å²) in [6, 6.07) is 0. The average Bonchev–Trinajstić information content (AvgIpc) is 2.51. The lowest BCUT2D eigenvalue weighted by Crippen LogP contribution is -2.27.